The van der Waals surface area contributed by atoms with E-state index in [1.165, 1.54) is 69.7 Å². The first kappa shape index (κ1) is 24.3. The molecule has 1 amide bonds. The molecule has 1 aromatic carbocycles. The number of anilines is 1. The number of aromatic nitrogens is 2. The van der Waals surface area contributed by atoms with Crippen LogP contribution in [0.15, 0.2) is 30.3 Å². The van der Waals surface area contributed by atoms with Gasteiger partial charge in [0.2, 0.25) is 0 Å². The van der Waals surface area contributed by atoms with Crippen LogP contribution in [-0.2, 0) is 13.1 Å². The van der Waals surface area contributed by atoms with Gasteiger partial charge in [0.1, 0.15) is 5.82 Å². The van der Waals surface area contributed by atoms with Crippen LogP contribution in [0, 0.1) is 6.92 Å². The van der Waals surface area contributed by atoms with Crippen molar-refractivity contribution in [2.24, 2.45) is 0 Å². The van der Waals surface area contributed by atoms with Crippen LogP contribution in [0.4, 0.5) is 5.82 Å². The van der Waals surface area contributed by atoms with Gasteiger partial charge in [-0.05, 0) is 95.9 Å². The lowest BCUT2D eigenvalue weighted by Crippen LogP contribution is -2.47. The summed E-state index contributed by atoms with van der Waals surface area (Å²) in [6.45, 7) is 11.8. The molecular formula is C28H42N6O. The number of hydrogen-bond acceptors (Lipinski definition) is 5. The van der Waals surface area contributed by atoms with Crippen molar-refractivity contribution in [1.29, 1.82) is 0 Å². The molecule has 3 aliphatic rings. The highest BCUT2D eigenvalue weighted by atomic mass is 16.1. The lowest BCUT2D eigenvalue weighted by Gasteiger charge is -2.40. The van der Waals surface area contributed by atoms with Crippen molar-refractivity contribution in [2.45, 2.75) is 71.0 Å². The molecule has 190 valence electrons. The maximum Gasteiger partial charge on any atom is 0.251 e. The summed E-state index contributed by atoms with van der Waals surface area (Å²) < 4.78 is 2.11. The number of aryl methyl sites for hydroxylation is 2. The van der Waals surface area contributed by atoms with E-state index in [0.29, 0.717) is 0 Å². The molecule has 0 aliphatic carbocycles. The maximum absolute atomic E-state index is 12.6. The van der Waals surface area contributed by atoms with Crippen LogP contribution in [-0.4, -0.2) is 77.3 Å². The fourth-order valence-corrected chi connectivity index (χ4v) is 6.02. The van der Waals surface area contributed by atoms with Crippen molar-refractivity contribution in [3.8, 4) is 0 Å². The molecule has 7 heteroatoms. The molecule has 1 N–H and O–H groups in total. The Bertz CT molecular complexity index is 956. The van der Waals surface area contributed by atoms with E-state index in [0.717, 1.165) is 62.9 Å². The summed E-state index contributed by atoms with van der Waals surface area (Å²) in [5, 5.41) is 7.71. The molecule has 3 aliphatic heterocycles. The highest BCUT2D eigenvalue weighted by Gasteiger charge is 2.25. The number of rotatable bonds is 8. The quantitative estimate of drug-likeness (QED) is 0.587. The van der Waals surface area contributed by atoms with E-state index in [4.69, 9.17) is 0 Å². The number of piperidine rings is 2. The molecule has 0 spiro atoms. The second kappa shape index (κ2) is 11.6. The van der Waals surface area contributed by atoms with Gasteiger partial charge < -0.3 is 20.0 Å². The number of nitrogens with zero attached hydrogens (tertiary/aromatic N) is 5. The predicted molar refractivity (Wildman–Crippen MR) is 141 cm³/mol. The predicted octanol–water partition coefficient (Wildman–Crippen LogP) is 3.67. The van der Waals surface area contributed by atoms with Crippen LogP contribution < -0.4 is 10.2 Å². The van der Waals surface area contributed by atoms with Crippen molar-refractivity contribution in [2.75, 3.05) is 50.7 Å². The smallest absolute Gasteiger partial charge is 0.251 e. The van der Waals surface area contributed by atoms with Gasteiger partial charge >= 0.3 is 0 Å². The highest BCUT2D eigenvalue weighted by molar-refractivity contribution is 5.94. The first-order valence-electron chi connectivity index (χ1n) is 13.8. The number of carbonyl (C=O) groups is 1. The lowest BCUT2D eigenvalue weighted by atomic mass is 10.00. The number of fused-ring (bicyclic) bond motifs is 1. The van der Waals surface area contributed by atoms with E-state index in [1.807, 2.05) is 12.1 Å². The van der Waals surface area contributed by atoms with Gasteiger partial charge in [-0.25, -0.2) is 4.68 Å². The molecule has 4 heterocycles. The molecule has 5 rings (SSSR count). The number of amides is 1. The third kappa shape index (κ3) is 6.25. The second-order valence-electron chi connectivity index (χ2n) is 10.6. The molecule has 0 saturated carbocycles. The van der Waals surface area contributed by atoms with Gasteiger partial charge in [-0.3, -0.25) is 4.79 Å². The number of hydrogen-bond donors (Lipinski definition) is 1. The Kier molecular flexibility index (Phi) is 8.04. The van der Waals surface area contributed by atoms with Crippen molar-refractivity contribution in [3.63, 3.8) is 0 Å². The first-order valence-corrected chi connectivity index (χ1v) is 13.8. The molecule has 0 radical (unpaired) electrons. The van der Waals surface area contributed by atoms with Crippen LogP contribution in [0.5, 0.6) is 0 Å². The van der Waals surface area contributed by atoms with E-state index in [2.05, 4.69) is 54.9 Å². The summed E-state index contributed by atoms with van der Waals surface area (Å²) in [6, 6.07) is 11.1. The lowest BCUT2D eigenvalue weighted by molar-refractivity contribution is 0.0903. The summed E-state index contributed by atoms with van der Waals surface area (Å²) in [7, 11) is 0. The first-order chi connectivity index (χ1) is 17.2. The van der Waals surface area contributed by atoms with E-state index in [1.54, 1.807) is 0 Å². The minimum atomic E-state index is 0.0343. The number of likely N-dealkylation sites (tertiary alicyclic amines) is 2. The zero-order valence-corrected chi connectivity index (χ0v) is 21.4. The Labute approximate surface area is 210 Å². The van der Waals surface area contributed by atoms with Crippen molar-refractivity contribution in [3.05, 3.63) is 47.2 Å². The van der Waals surface area contributed by atoms with Gasteiger partial charge in [-0.2, -0.15) is 5.10 Å². The minimum absolute atomic E-state index is 0.0343. The third-order valence-corrected chi connectivity index (χ3v) is 7.99. The fraction of sp³-hybridized carbons (Fsp3) is 0.643. The Morgan fingerprint density at radius 3 is 2.51 bits per heavy atom. The van der Waals surface area contributed by atoms with Crippen LogP contribution in [0.2, 0.25) is 0 Å². The topological polar surface area (TPSA) is 56.6 Å². The third-order valence-electron chi connectivity index (χ3n) is 7.99. The van der Waals surface area contributed by atoms with Crippen LogP contribution >= 0.6 is 0 Å². The maximum atomic E-state index is 12.6. The Hall–Kier alpha value is -2.38. The molecule has 0 bridgehead atoms. The van der Waals surface area contributed by atoms with Crippen LogP contribution in [0.25, 0.3) is 0 Å². The van der Waals surface area contributed by atoms with Crippen molar-refractivity contribution < 1.29 is 4.79 Å². The second-order valence-corrected chi connectivity index (χ2v) is 10.6. The van der Waals surface area contributed by atoms with Crippen molar-refractivity contribution >= 4 is 11.7 Å². The number of carbonyl (C=O) groups excluding carboxylic acids is 1. The molecule has 2 saturated heterocycles. The molecule has 1 aromatic heterocycles. The Balaban J connectivity index is 1.01. The number of nitrogens with one attached hydrogen (secondary N) is 1. The fourth-order valence-electron chi connectivity index (χ4n) is 6.02. The van der Waals surface area contributed by atoms with E-state index in [-0.39, 0.29) is 5.91 Å². The van der Waals surface area contributed by atoms with Gasteiger partial charge in [0.25, 0.3) is 5.91 Å². The van der Waals surface area contributed by atoms with Gasteiger partial charge in [0.05, 0.1) is 5.69 Å². The van der Waals surface area contributed by atoms with E-state index in [9.17, 15) is 4.79 Å². The molecule has 2 fully saturated rings. The Morgan fingerprint density at radius 2 is 1.74 bits per heavy atom. The highest BCUT2D eigenvalue weighted by Crippen LogP contribution is 2.24. The average molecular weight is 479 g/mol. The van der Waals surface area contributed by atoms with Crippen molar-refractivity contribution in [1.82, 2.24) is 24.9 Å². The Morgan fingerprint density at radius 1 is 0.971 bits per heavy atom. The summed E-state index contributed by atoms with van der Waals surface area (Å²) in [6.07, 6.45) is 8.92. The SMILES string of the molecule is Cc1cc2n(n1)CCCN2Cc1ccc(C(=O)NCCCN2CCC(N3CCCCC3)CC2)cc1. The zero-order valence-electron chi connectivity index (χ0n) is 21.4. The van der Waals surface area contributed by atoms with Crippen LogP contribution in [0.1, 0.15) is 66.6 Å². The van der Waals surface area contributed by atoms with Gasteiger partial charge in [-0.1, -0.05) is 18.6 Å². The standard InChI is InChI=1S/C28H42N6O/c1-23-21-27-33(17-6-18-34(27)30-23)22-24-7-9-25(10-8-24)28(35)29-13-5-14-31-19-11-26(12-20-31)32-15-3-2-4-16-32/h7-10,21,26H,2-6,11-20,22H2,1H3,(H,29,35). The van der Waals surface area contributed by atoms with Gasteiger partial charge in [0.15, 0.2) is 0 Å². The zero-order chi connectivity index (χ0) is 24.0. The molecule has 7 nitrogen and oxygen atoms in total. The number of benzene rings is 1. The largest absolute Gasteiger partial charge is 0.352 e. The molecular weight excluding hydrogens is 436 g/mol. The normalized spacial score (nSPS) is 20.1. The molecule has 35 heavy (non-hydrogen) atoms. The average Bonchev–Trinajstić information content (AvgIpc) is 3.29. The van der Waals surface area contributed by atoms with Gasteiger partial charge in [0, 0.05) is 43.9 Å². The summed E-state index contributed by atoms with van der Waals surface area (Å²) in [5.41, 5.74) is 3.04. The van der Waals surface area contributed by atoms with E-state index >= 15 is 0 Å². The summed E-state index contributed by atoms with van der Waals surface area (Å²) in [5.74, 6) is 1.23. The van der Waals surface area contributed by atoms with E-state index < -0.39 is 0 Å². The monoisotopic (exact) mass is 478 g/mol. The minimum Gasteiger partial charge on any atom is -0.352 e. The van der Waals surface area contributed by atoms with Gasteiger partial charge in [-0.15, -0.1) is 0 Å². The molecule has 2 aromatic rings. The summed E-state index contributed by atoms with van der Waals surface area (Å²) >= 11 is 0. The molecule has 0 unspecified atom stereocenters. The van der Waals surface area contributed by atoms with Crippen LogP contribution in [0.3, 0.4) is 0 Å². The summed E-state index contributed by atoms with van der Waals surface area (Å²) in [4.78, 5) is 20.3. The molecule has 0 atom stereocenters.